The fourth-order valence-corrected chi connectivity index (χ4v) is 3.56. The molecule has 1 aliphatic heterocycles. The first-order valence-corrected chi connectivity index (χ1v) is 10.2. The van der Waals surface area contributed by atoms with Gasteiger partial charge in [-0.1, -0.05) is 38.1 Å². The molecule has 0 amide bonds. The molecule has 1 saturated heterocycles. The number of hydrogen-bond acceptors (Lipinski definition) is 4. The van der Waals surface area contributed by atoms with E-state index in [4.69, 9.17) is 18.9 Å². The fourth-order valence-electron chi connectivity index (χ4n) is 3.56. The van der Waals surface area contributed by atoms with Crippen LogP contribution in [0.1, 0.15) is 52.7 Å². The second-order valence-electron chi connectivity index (χ2n) is 9.50. The van der Waals surface area contributed by atoms with Crippen molar-refractivity contribution < 1.29 is 18.9 Å². The largest absolute Gasteiger partial charge is 0.485 e. The van der Waals surface area contributed by atoms with Gasteiger partial charge in [0.2, 0.25) is 0 Å². The Morgan fingerprint density at radius 2 is 1.24 bits per heavy atom. The van der Waals surface area contributed by atoms with E-state index in [2.05, 4.69) is 52.0 Å². The average molecular weight is 399 g/mol. The number of epoxide rings is 1. The molecule has 0 N–H and O–H groups in total. The second-order valence-corrected chi connectivity index (χ2v) is 9.50. The number of methoxy groups -OCH3 is 1. The summed E-state index contributed by atoms with van der Waals surface area (Å²) in [5.74, 6) is 1.72. The summed E-state index contributed by atoms with van der Waals surface area (Å²) in [5, 5.41) is 0. The normalized spacial score (nSPS) is 17.1. The lowest BCUT2D eigenvalue weighted by Gasteiger charge is -2.29. The molecule has 29 heavy (non-hydrogen) atoms. The van der Waals surface area contributed by atoms with E-state index >= 15 is 0 Å². The quantitative estimate of drug-likeness (QED) is 0.532. The second kappa shape index (κ2) is 8.00. The molecule has 0 bridgehead atoms. The van der Waals surface area contributed by atoms with Gasteiger partial charge in [0.25, 0.3) is 0 Å². The van der Waals surface area contributed by atoms with Crippen LogP contribution in [0.5, 0.6) is 11.5 Å². The Bertz CT molecular complexity index is 800. The first-order chi connectivity index (χ1) is 13.5. The van der Waals surface area contributed by atoms with Crippen LogP contribution in [-0.2, 0) is 14.9 Å². The van der Waals surface area contributed by atoms with Gasteiger partial charge in [0.1, 0.15) is 28.8 Å². The zero-order valence-electron chi connectivity index (χ0n) is 18.7. The van der Waals surface area contributed by atoms with Crippen LogP contribution in [0.15, 0.2) is 48.5 Å². The SMILES string of the molecule is COCC(C)(C)Oc1ccc(C(C)(C)c2ccc(OC(C)(C)C3CO3)cc2)cc1. The molecule has 1 unspecified atom stereocenters. The third-order valence-electron chi connectivity index (χ3n) is 5.53. The monoisotopic (exact) mass is 398 g/mol. The molecule has 4 nitrogen and oxygen atoms in total. The minimum Gasteiger partial charge on any atom is -0.485 e. The number of rotatable bonds is 9. The van der Waals surface area contributed by atoms with Gasteiger partial charge in [0.15, 0.2) is 0 Å². The van der Waals surface area contributed by atoms with Gasteiger partial charge < -0.3 is 18.9 Å². The molecule has 0 saturated carbocycles. The highest BCUT2D eigenvalue weighted by Gasteiger charge is 2.41. The van der Waals surface area contributed by atoms with Crippen LogP contribution in [0, 0.1) is 0 Å². The van der Waals surface area contributed by atoms with Crippen molar-refractivity contribution in [1.82, 2.24) is 0 Å². The van der Waals surface area contributed by atoms with Crippen molar-refractivity contribution in [1.29, 1.82) is 0 Å². The van der Waals surface area contributed by atoms with E-state index in [1.165, 1.54) is 11.1 Å². The Kier molecular flexibility index (Phi) is 5.98. The summed E-state index contributed by atoms with van der Waals surface area (Å²) in [7, 11) is 1.69. The average Bonchev–Trinajstić information content (AvgIpc) is 3.47. The number of hydrogen-bond donors (Lipinski definition) is 0. The van der Waals surface area contributed by atoms with Gasteiger partial charge in [-0.15, -0.1) is 0 Å². The maximum atomic E-state index is 6.13. The van der Waals surface area contributed by atoms with Gasteiger partial charge in [-0.3, -0.25) is 0 Å². The molecule has 0 aliphatic carbocycles. The lowest BCUT2D eigenvalue weighted by molar-refractivity contribution is 0.0180. The van der Waals surface area contributed by atoms with Crippen LogP contribution in [0.3, 0.4) is 0 Å². The molecule has 3 rings (SSSR count). The topological polar surface area (TPSA) is 40.2 Å². The van der Waals surface area contributed by atoms with Crippen LogP contribution in [0.2, 0.25) is 0 Å². The number of ether oxygens (including phenoxy) is 4. The smallest absolute Gasteiger partial charge is 0.132 e. The van der Waals surface area contributed by atoms with Crippen molar-refractivity contribution in [2.24, 2.45) is 0 Å². The van der Waals surface area contributed by atoms with E-state index in [1.54, 1.807) is 7.11 Å². The van der Waals surface area contributed by atoms with E-state index in [0.29, 0.717) is 6.61 Å². The predicted octanol–water partition coefficient (Wildman–Crippen LogP) is 5.37. The van der Waals surface area contributed by atoms with Gasteiger partial charge in [0.05, 0.1) is 13.2 Å². The Labute approximate surface area is 175 Å². The third kappa shape index (κ3) is 5.31. The fraction of sp³-hybridized carbons (Fsp3) is 0.520. The molecular weight excluding hydrogens is 364 g/mol. The molecule has 2 aromatic carbocycles. The summed E-state index contributed by atoms with van der Waals surface area (Å²) in [4.78, 5) is 0. The first kappa shape index (κ1) is 21.7. The van der Waals surface area contributed by atoms with Crippen LogP contribution < -0.4 is 9.47 Å². The van der Waals surface area contributed by atoms with Gasteiger partial charge in [0, 0.05) is 12.5 Å². The molecule has 0 aromatic heterocycles. The van der Waals surface area contributed by atoms with E-state index in [9.17, 15) is 0 Å². The molecule has 1 fully saturated rings. The minimum atomic E-state index is -0.360. The third-order valence-corrected chi connectivity index (χ3v) is 5.53. The Hall–Kier alpha value is -2.04. The zero-order valence-corrected chi connectivity index (χ0v) is 18.7. The van der Waals surface area contributed by atoms with Crippen molar-refractivity contribution in [3.63, 3.8) is 0 Å². The first-order valence-electron chi connectivity index (χ1n) is 10.2. The molecular formula is C25H34O4. The summed E-state index contributed by atoms with van der Waals surface area (Å²) < 4.78 is 22.8. The van der Waals surface area contributed by atoms with Crippen molar-refractivity contribution in [2.75, 3.05) is 20.3 Å². The van der Waals surface area contributed by atoms with Gasteiger partial charge in [-0.25, -0.2) is 0 Å². The molecule has 2 aromatic rings. The molecule has 1 aliphatic rings. The Morgan fingerprint density at radius 1 is 0.793 bits per heavy atom. The minimum absolute atomic E-state index is 0.131. The van der Waals surface area contributed by atoms with E-state index in [-0.39, 0.29) is 22.7 Å². The van der Waals surface area contributed by atoms with Gasteiger partial charge in [-0.05, 0) is 63.1 Å². The predicted molar refractivity (Wildman–Crippen MR) is 116 cm³/mol. The van der Waals surface area contributed by atoms with Crippen LogP contribution in [0.4, 0.5) is 0 Å². The zero-order chi connectivity index (χ0) is 21.3. The highest BCUT2D eigenvalue weighted by atomic mass is 16.6. The van der Waals surface area contributed by atoms with Crippen LogP contribution in [0.25, 0.3) is 0 Å². The Balaban J connectivity index is 1.71. The highest BCUT2D eigenvalue weighted by molar-refractivity contribution is 5.42. The van der Waals surface area contributed by atoms with E-state index < -0.39 is 0 Å². The van der Waals surface area contributed by atoms with Crippen LogP contribution >= 0.6 is 0 Å². The molecule has 0 spiro atoms. The highest BCUT2D eigenvalue weighted by Crippen LogP contribution is 2.35. The van der Waals surface area contributed by atoms with Crippen molar-refractivity contribution >= 4 is 0 Å². The molecule has 1 atom stereocenters. The van der Waals surface area contributed by atoms with Crippen molar-refractivity contribution in [3.8, 4) is 11.5 Å². The summed E-state index contributed by atoms with van der Waals surface area (Å²) >= 11 is 0. The molecule has 158 valence electrons. The van der Waals surface area contributed by atoms with E-state index in [0.717, 1.165) is 18.1 Å². The molecule has 4 heteroatoms. The molecule has 0 radical (unpaired) electrons. The van der Waals surface area contributed by atoms with Gasteiger partial charge in [-0.2, -0.15) is 0 Å². The summed E-state index contributed by atoms with van der Waals surface area (Å²) in [6.45, 7) is 14.0. The summed E-state index contributed by atoms with van der Waals surface area (Å²) in [6, 6.07) is 16.7. The van der Waals surface area contributed by atoms with Crippen molar-refractivity contribution in [2.45, 2.75) is 64.3 Å². The maximum absolute atomic E-state index is 6.13. The van der Waals surface area contributed by atoms with Gasteiger partial charge >= 0.3 is 0 Å². The lowest BCUT2D eigenvalue weighted by Crippen LogP contribution is -2.34. The standard InChI is InChI=1S/C25H34O4/c1-23(2,17-26-7)28-20-12-8-18(9-13-20)24(3,4)19-10-14-21(15-11-19)29-25(5,6)22-16-27-22/h8-15,22H,16-17H2,1-7H3. The van der Waals surface area contributed by atoms with Crippen LogP contribution in [-0.4, -0.2) is 37.6 Å². The Morgan fingerprint density at radius 3 is 1.66 bits per heavy atom. The summed E-state index contributed by atoms with van der Waals surface area (Å²) in [5.41, 5.74) is 1.67. The van der Waals surface area contributed by atoms with E-state index in [1.807, 2.05) is 38.1 Å². The lowest BCUT2D eigenvalue weighted by atomic mass is 9.78. The maximum Gasteiger partial charge on any atom is 0.132 e. The summed E-state index contributed by atoms with van der Waals surface area (Å²) in [6.07, 6.45) is 0.188. The molecule has 1 heterocycles. The number of benzene rings is 2. The van der Waals surface area contributed by atoms with Crippen molar-refractivity contribution in [3.05, 3.63) is 59.7 Å².